The van der Waals surface area contributed by atoms with Gasteiger partial charge < -0.3 is 10.1 Å². The molecule has 1 saturated carbocycles. The Morgan fingerprint density at radius 2 is 2.10 bits per heavy atom. The minimum atomic E-state index is 0.522. The summed E-state index contributed by atoms with van der Waals surface area (Å²) in [5, 5.41) is 3.70. The second kappa shape index (κ2) is 6.62. The van der Waals surface area contributed by atoms with Crippen molar-refractivity contribution in [2.75, 3.05) is 13.2 Å². The Hall–Kier alpha value is -1.02. The number of benzene rings is 1. The van der Waals surface area contributed by atoms with Gasteiger partial charge in [-0.05, 0) is 36.1 Å². The highest BCUT2D eigenvalue weighted by atomic mass is 16.5. The number of fused-ring (bicyclic) bond motifs is 1. The van der Waals surface area contributed by atoms with Gasteiger partial charge in [-0.2, -0.15) is 0 Å². The van der Waals surface area contributed by atoms with Gasteiger partial charge >= 0.3 is 0 Å². The first-order valence-electron chi connectivity index (χ1n) is 8.36. The largest absolute Gasteiger partial charge is 0.493 e. The quantitative estimate of drug-likeness (QED) is 0.866. The third kappa shape index (κ3) is 3.17. The molecule has 2 heteroatoms. The number of hydrogen-bond acceptors (Lipinski definition) is 2. The lowest BCUT2D eigenvalue weighted by Crippen LogP contribution is -2.24. The molecule has 1 aromatic carbocycles. The lowest BCUT2D eigenvalue weighted by atomic mass is 9.83. The third-order valence-electron chi connectivity index (χ3n) is 4.86. The first-order valence-corrected chi connectivity index (χ1v) is 8.36. The van der Waals surface area contributed by atoms with Crippen LogP contribution in [0.4, 0.5) is 0 Å². The van der Waals surface area contributed by atoms with Crippen LogP contribution in [0.2, 0.25) is 0 Å². The van der Waals surface area contributed by atoms with Gasteiger partial charge in [0.05, 0.1) is 6.61 Å². The minimum absolute atomic E-state index is 0.522. The molecule has 1 aliphatic carbocycles. The minimum Gasteiger partial charge on any atom is -0.493 e. The fourth-order valence-electron chi connectivity index (χ4n) is 3.76. The van der Waals surface area contributed by atoms with Gasteiger partial charge in [0.25, 0.3) is 0 Å². The topological polar surface area (TPSA) is 21.3 Å². The zero-order valence-corrected chi connectivity index (χ0v) is 12.7. The summed E-state index contributed by atoms with van der Waals surface area (Å²) in [4.78, 5) is 0. The second-order valence-corrected chi connectivity index (χ2v) is 6.32. The molecular weight excluding hydrogens is 246 g/mol. The molecule has 110 valence electrons. The molecule has 1 unspecified atom stereocenters. The van der Waals surface area contributed by atoms with E-state index in [-0.39, 0.29) is 0 Å². The number of ether oxygens (including phenoxy) is 1. The number of rotatable bonds is 5. The fourth-order valence-corrected chi connectivity index (χ4v) is 3.76. The molecule has 1 aliphatic heterocycles. The fraction of sp³-hybridized carbons (Fsp3) is 0.667. The molecule has 20 heavy (non-hydrogen) atoms. The van der Waals surface area contributed by atoms with Crippen LogP contribution in [0.5, 0.6) is 5.75 Å². The molecule has 1 atom stereocenters. The van der Waals surface area contributed by atoms with Crippen molar-refractivity contribution < 1.29 is 4.74 Å². The third-order valence-corrected chi connectivity index (χ3v) is 4.86. The molecule has 0 amide bonds. The Bertz CT molecular complexity index is 437. The summed E-state index contributed by atoms with van der Waals surface area (Å²) >= 11 is 0. The number of nitrogens with one attached hydrogen (secondary N) is 1. The Morgan fingerprint density at radius 3 is 2.90 bits per heavy atom. The molecule has 2 nitrogen and oxygen atoms in total. The van der Waals surface area contributed by atoms with E-state index in [0.717, 1.165) is 31.2 Å². The van der Waals surface area contributed by atoms with Gasteiger partial charge in [-0.3, -0.25) is 0 Å². The van der Waals surface area contributed by atoms with Crippen molar-refractivity contribution >= 4 is 0 Å². The molecule has 2 aliphatic rings. The summed E-state index contributed by atoms with van der Waals surface area (Å²) in [5.74, 6) is 2.01. The molecule has 0 spiro atoms. The maximum absolute atomic E-state index is 5.62. The van der Waals surface area contributed by atoms with Crippen molar-refractivity contribution in [3.05, 3.63) is 29.3 Å². The summed E-state index contributed by atoms with van der Waals surface area (Å²) < 4.78 is 5.62. The van der Waals surface area contributed by atoms with Crippen LogP contribution in [0, 0.1) is 5.92 Å². The van der Waals surface area contributed by atoms with Crippen LogP contribution in [0.3, 0.4) is 0 Å². The standard InChI is InChI=1S/C18H27NO/c1-2-19-17(12-14-6-4-3-5-7-14)15-8-9-18-16(13-15)10-11-20-18/h8-9,13-14,17,19H,2-7,10-12H2,1H3. The van der Waals surface area contributed by atoms with Gasteiger partial charge in [0.1, 0.15) is 5.75 Å². The maximum Gasteiger partial charge on any atom is 0.122 e. The molecule has 1 aromatic rings. The van der Waals surface area contributed by atoms with E-state index in [1.807, 2.05) is 0 Å². The highest BCUT2D eigenvalue weighted by Crippen LogP contribution is 2.34. The van der Waals surface area contributed by atoms with E-state index in [1.54, 1.807) is 0 Å². The first-order chi connectivity index (χ1) is 9.86. The smallest absolute Gasteiger partial charge is 0.122 e. The first kappa shape index (κ1) is 13.9. The van der Waals surface area contributed by atoms with Gasteiger partial charge in [-0.1, -0.05) is 51.2 Å². The van der Waals surface area contributed by atoms with Gasteiger partial charge in [0.2, 0.25) is 0 Å². The molecule has 3 rings (SSSR count). The van der Waals surface area contributed by atoms with Crippen LogP contribution >= 0.6 is 0 Å². The van der Waals surface area contributed by atoms with Crippen molar-refractivity contribution in [1.82, 2.24) is 5.32 Å². The molecule has 1 fully saturated rings. The highest BCUT2D eigenvalue weighted by molar-refractivity contribution is 5.40. The van der Waals surface area contributed by atoms with Crippen LogP contribution < -0.4 is 10.1 Å². The Morgan fingerprint density at radius 1 is 1.25 bits per heavy atom. The monoisotopic (exact) mass is 273 g/mol. The lowest BCUT2D eigenvalue weighted by molar-refractivity contribution is 0.301. The van der Waals surface area contributed by atoms with E-state index in [4.69, 9.17) is 4.74 Å². The van der Waals surface area contributed by atoms with Crippen molar-refractivity contribution in [2.45, 2.75) is 57.9 Å². The summed E-state index contributed by atoms with van der Waals surface area (Å²) in [5.41, 5.74) is 2.86. The van der Waals surface area contributed by atoms with Crippen molar-refractivity contribution in [2.24, 2.45) is 5.92 Å². The van der Waals surface area contributed by atoms with Crippen LogP contribution in [-0.4, -0.2) is 13.2 Å². The van der Waals surface area contributed by atoms with E-state index in [1.165, 1.54) is 49.7 Å². The van der Waals surface area contributed by atoms with Crippen LogP contribution in [-0.2, 0) is 6.42 Å². The molecule has 1 N–H and O–H groups in total. The average Bonchev–Trinajstić information content (AvgIpc) is 2.95. The average molecular weight is 273 g/mol. The predicted molar refractivity (Wildman–Crippen MR) is 83.3 cm³/mol. The van der Waals surface area contributed by atoms with E-state index in [0.29, 0.717) is 6.04 Å². The van der Waals surface area contributed by atoms with Gasteiger partial charge in [0.15, 0.2) is 0 Å². The Labute approximate surface area is 122 Å². The van der Waals surface area contributed by atoms with Crippen LogP contribution in [0.25, 0.3) is 0 Å². The van der Waals surface area contributed by atoms with E-state index >= 15 is 0 Å². The summed E-state index contributed by atoms with van der Waals surface area (Å²) in [6, 6.07) is 7.33. The van der Waals surface area contributed by atoms with Crippen LogP contribution in [0.1, 0.15) is 62.6 Å². The lowest BCUT2D eigenvalue weighted by Gasteiger charge is -2.27. The predicted octanol–water partition coefficient (Wildman–Crippen LogP) is 4.24. The van der Waals surface area contributed by atoms with E-state index < -0.39 is 0 Å². The van der Waals surface area contributed by atoms with Crippen molar-refractivity contribution in [3.8, 4) is 5.75 Å². The Balaban J connectivity index is 1.72. The SMILES string of the molecule is CCNC(CC1CCCCC1)c1ccc2c(c1)CCO2. The molecule has 0 bridgehead atoms. The van der Waals surface area contributed by atoms with Gasteiger partial charge in [-0.15, -0.1) is 0 Å². The molecule has 0 radical (unpaired) electrons. The van der Waals surface area contributed by atoms with Crippen LogP contribution in [0.15, 0.2) is 18.2 Å². The van der Waals surface area contributed by atoms with Crippen molar-refractivity contribution in [3.63, 3.8) is 0 Å². The summed E-state index contributed by atoms with van der Waals surface area (Å²) in [6.45, 7) is 4.11. The van der Waals surface area contributed by atoms with Gasteiger partial charge in [-0.25, -0.2) is 0 Å². The normalized spacial score (nSPS) is 20.4. The molecular formula is C18H27NO. The van der Waals surface area contributed by atoms with Gasteiger partial charge in [0, 0.05) is 12.5 Å². The zero-order valence-electron chi connectivity index (χ0n) is 12.7. The number of hydrogen-bond donors (Lipinski definition) is 1. The van der Waals surface area contributed by atoms with E-state index in [2.05, 4.69) is 30.4 Å². The molecule has 1 heterocycles. The summed E-state index contributed by atoms with van der Waals surface area (Å²) in [7, 11) is 0. The summed E-state index contributed by atoms with van der Waals surface area (Å²) in [6.07, 6.45) is 9.53. The maximum atomic E-state index is 5.62. The highest BCUT2D eigenvalue weighted by Gasteiger charge is 2.21. The Kier molecular flexibility index (Phi) is 4.62. The molecule has 0 saturated heterocycles. The van der Waals surface area contributed by atoms with Crippen molar-refractivity contribution in [1.29, 1.82) is 0 Å². The second-order valence-electron chi connectivity index (χ2n) is 6.32. The molecule has 0 aromatic heterocycles. The van der Waals surface area contributed by atoms with E-state index in [9.17, 15) is 0 Å². The zero-order chi connectivity index (χ0) is 13.8.